The van der Waals surface area contributed by atoms with Gasteiger partial charge in [0.1, 0.15) is 5.75 Å². The highest BCUT2D eigenvalue weighted by atomic mass is 16.5. The average Bonchev–Trinajstić information content (AvgIpc) is 2.92. The summed E-state index contributed by atoms with van der Waals surface area (Å²) in [5, 5.41) is 0. The molecular formula is C18H17NO2. The van der Waals surface area contributed by atoms with Crippen molar-refractivity contribution in [2.24, 2.45) is 0 Å². The zero-order valence-corrected chi connectivity index (χ0v) is 12.2. The molecule has 0 fully saturated rings. The van der Waals surface area contributed by atoms with E-state index in [2.05, 4.69) is 19.1 Å². The van der Waals surface area contributed by atoms with Crippen molar-refractivity contribution in [2.45, 2.75) is 13.3 Å². The standard InChI is InChI=1S/C18H17NO2/c1-3-13-7-8-18(21-2)16(10-13)15-11-14-6-4-5-9-19(14)17(15)12-20/h4-12H,3H2,1-2H3. The maximum atomic E-state index is 11.6. The van der Waals surface area contributed by atoms with Gasteiger partial charge in [0.05, 0.1) is 12.8 Å². The first-order chi connectivity index (χ1) is 10.3. The summed E-state index contributed by atoms with van der Waals surface area (Å²) in [5.41, 5.74) is 4.74. The van der Waals surface area contributed by atoms with E-state index in [1.54, 1.807) is 7.11 Å². The molecule has 2 heterocycles. The summed E-state index contributed by atoms with van der Waals surface area (Å²) in [6, 6.07) is 14.0. The number of pyridine rings is 1. The highest BCUT2D eigenvalue weighted by Gasteiger charge is 2.15. The van der Waals surface area contributed by atoms with E-state index in [0.717, 1.165) is 35.1 Å². The zero-order valence-electron chi connectivity index (χ0n) is 12.2. The summed E-state index contributed by atoms with van der Waals surface area (Å²) in [4.78, 5) is 11.6. The van der Waals surface area contributed by atoms with Crippen molar-refractivity contribution < 1.29 is 9.53 Å². The van der Waals surface area contributed by atoms with Crippen molar-refractivity contribution in [1.82, 2.24) is 4.40 Å². The lowest BCUT2D eigenvalue weighted by atomic mass is 10.0. The van der Waals surface area contributed by atoms with E-state index in [4.69, 9.17) is 4.74 Å². The van der Waals surface area contributed by atoms with E-state index in [0.29, 0.717) is 5.69 Å². The summed E-state index contributed by atoms with van der Waals surface area (Å²) in [6.45, 7) is 2.11. The molecule has 0 spiro atoms. The van der Waals surface area contributed by atoms with Gasteiger partial charge in [-0.1, -0.05) is 19.1 Å². The second-order valence-corrected chi connectivity index (χ2v) is 4.94. The topological polar surface area (TPSA) is 30.7 Å². The van der Waals surface area contributed by atoms with Crippen LogP contribution >= 0.6 is 0 Å². The molecule has 3 heteroatoms. The van der Waals surface area contributed by atoms with Crippen LogP contribution in [0.2, 0.25) is 0 Å². The number of ether oxygens (including phenoxy) is 1. The monoisotopic (exact) mass is 279 g/mol. The number of aryl methyl sites for hydroxylation is 1. The molecule has 0 aliphatic rings. The number of carbonyl (C=O) groups is 1. The van der Waals surface area contributed by atoms with Gasteiger partial charge in [-0.3, -0.25) is 4.79 Å². The smallest absolute Gasteiger partial charge is 0.167 e. The van der Waals surface area contributed by atoms with Crippen molar-refractivity contribution in [3.05, 3.63) is 59.9 Å². The number of fused-ring (bicyclic) bond motifs is 1. The fourth-order valence-electron chi connectivity index (χ4n) is 2.67. The lowest BCUT2D eigenvalue weighted by Crippen LogP contribution is -1.94. The van der Waals surface area contributed by atoms with Crippen molar-refractivity contribution >= 4 is 11.8 Å². The maximum Gasteiger partial charge on any atom is 0.167 e. The molecule has 3 rings (SSSR count). The van der Waals surface area contributed by atoms with Gasteiger partial charge in [-0.05, 0) is 42.3 Å². The van der Waals surface area contributed by atoms with Gasteiger partial charge in [0.15, 0.2) is 6.29 Å². The number of benzene rings is 1. The molecule has 106 valence electrons. The van der Waals surface area contributed by atoms with Crippen LogP contribution in [0, 0.1) is 0 Å². The fourth-order valence-corrected chi connectivity index (χ4v) is 2.67. The molecule has 0 N–H and O–H groups in total. The third-order valence-electron chi connectivity index (χ3n) is 3.79. The molecule has 2 aromatic heterocycles. The molecule has 21 heavy (non-hydrogen) atoms. The molecule has 0 atom stereocenters. The van der Waals surface area contributed by atoms with Gasteiger partial charge in [-0.15, -0.1) is 0 Å². The van der Waals surface area contributed by atoms with Crippen LogP contribution in [0.4, 0.5) is 0 Å². The Morgan fingerprint density at radius 1 is 1.14 bits per heavy atom. The lowest BCUT2D eigenvalue weighted by Gasteiger charge is -2.10. The highest BCUT2D eigenvalue weighted by Crippen LogP contribution is 2.34. The van der Waals surface area contributed by atoms with Crippen LogP contribution in [0.15, 0.2) is 48.7 Å². The van der Waals surface area contributed by atoms with Crippen molar-refractivity contribution in [1.29, 1.82) is 0 Å². The summed E-state index contributed by atoms with van der Waals surface area (Å²) >= 11 is 0. The number of methoxy groups -OCH3 is 1. The molecule has 0 unspecified atom stereocenters. The summed E-state index contributed by atoms with van der Waals surface area (Å²) in [6.07, 6.45) is 3.75. The summed E-state index contributed by atoms with van der Waals surface area (Å²) in [7, 11) is 1.65. The second kappa shape index (κ2) is 5.44. The minimum absolute atomic E-state index is 0.650. The quantitative estimate of drug-likeness (QED) is 0.676. The van der Waals surface area contributed by atoms with E-state index in [9.17, 15) is 4.79 Å². The second-order valence-electron chi connectivity index (χ2n) is 4.94. The van der Waals surface area contributed by atoms with Gasteiger partial charge in [-0.2, -0.15) is 0 Å². The normalized spacial score (nSPS) is 10.8. The Morgan fingerprint density at radius 3 is 2.71 bits per heavy atom. The predicted octanol–water partition coefficient (Wildman–Crippen LogP) is 3.99. The van der Waals surface area contributed by atoms with E-state index in [1.165, 1.54) is 5.56 Å². The molecule has 3 aromatic rings. The van der Waals surface area contributed by atoms with Gasteiger partial charge >= 0.3 is 0 Å². The number of hydrogen-bond acceptors (Lipinski definition) is 2. The molecule has 3 nitrogen and oxygen atoms in total. The van der Waals surface area contributed by atoms with Gasteiger partial charge in [0, 0.05) is 22.8 Å². The average molecular weight is 279 g/mol. The Hall–Kier alpha value is -2.55. The molecule has 0 aliphatic heterocycles. The number of aldehydes is 1. The minimum Gasteiger partial charge on any atom is -0.496 e. The van der Waals surface area contributed by atoms with E-state index in [-0.39, 0.29) is 0 Å². The van der Waals surface area contributed by atoms with Crippen molar-refractivity contribution in [2.75, 3.05) is 7.11 Å². The Morgan fingerprint density at radius 2 is 2.00 bits per heavy atom. The number of hydrogen-bond donors (Lipinski definition) is 0. The first-order valence-electron chi connectivity index (χ1n) is 7.01. The molecule has 1 aromatic carbocycles. The molecule has 0 bridgehead atoms. The van der Waals surface area contributed by atoms with Gasteiger partial charge in [0.25, 0.3) is 0 Å². The van der Waals surface area contributed by atoms with Crippen LogP contribution < -0.4 is 4.74 Å². The fraction of sp³-hybridized carbons (Fsp3) is 0.167. The van der Waals surface area contributed by atoms with Gasteiger partial charge in [0.2, 0.25) is 0 Å². The lowest BCUT2D eigenvalue weighted by molar-refractivity contribution is 0.111. The summed E-state index contributed by atoms with van der Waals surface area (Å²) in [5.74, 6) is 0.784. The van der Waals surface area contributed by atoms with E-state index < -0.39 is 0 Å². The van der Waals surface area contributed by atoms with Crippen LogP contribution in [0.25, 0.3) is 16.6 Å². The van der Waals surface area contributed by atoms with Gasteiger partial charge in [-0.25, -0.2) is 0 Å². The molecule has 0 radical (unpaired) electrons. The Labute approximate surface area is 123 Å². The molecule has 0 saturated heterocycles. The summed E-state index contributed by atoms with van der Waals surface area (Å²) < 4.78 is 7.37. The largest absolute Gasteiger partial charge is 0.496 e. The first kappa shape index (κ1) is 13.4. The Kier molecular flexibility index (Phi) is 3.48. The van der Waals surface area contributed by atoms with Crippen LogP contribution in [0.3, 0.4) is 0 Å². The predicted molar refractivity (Wildman–Crippen MR) is 84.2 cm³/mol. The Bertz CT molecular complexity index is 802. The number of carbonyl (C=O) groups excluding carboxylic acids is 1. The van der Waals surface area contributed by atoms with E-state index >= 15 is 0 Å². The minimum atomic E-state index is 0.650. The van der Waals surface area contributed by atoms with Crippen molar-refractivity contribution in [3.8, 4) is 16.9 Å². The molecule has 0 saturated carbocycles. The third kappa shape index (κ3) is 2.21. The Balaban J connectivity index is 2.31. The van der Waals surface area contributed by atoms with Gasteiger partial charge < -0.3 is 9.14 Å². The van der Waals surface area contributed by atoms with E-state index in [1.807, 2.05) is 40.9 Å². The highest BCUT2D eigenvalue weighted by molar-refractivity contribution is 5.91. The first-order valence-corrected chi connectivity index (χ1v) is 7.01. The number of aromatic nitrogens is 1. The third-order valence-corrected chi connectivity index (χ3v) is 3.79. The molecule has 0 aliphatic carbocycles. The molecule has 0 amide bonds. The maximum absolute atomic E-state index is 11.6. The number of rotatable bonds is 4. The van der Waals surface area contributed by atoms with Crippen molar-refractivity contribution in [3.63, 3.8) is 0 Å². The number of nitrogens with zero attached hydrogens (tertiary/aromatic N) is 1. The zero-order chi connectivity index (χ0) is 14.8. The van der Waals surface area contributed by atoms with Crippen LogP contribution in [-0.2, 0) is 6.42 Å². The van der Waals surface area contributed by atoms with Crippen LogP contribution in [0.5, 0.6) is 5.75 Å². The van der Waals surface area contributed by atoms with Crippen LogP contribution in [-0.4, -0.2) is 17.8 Å². The van der Waals surface area contributed by atoms with Crippen LogP contribution in [0.1, 0.15) is 23.0 Å². The SMILES string of the molecule is CCc1ccc(OC)c(-c2cc3ccccn3c2C=O)c1. The molecular weight excluding hydrogens is 262 g/mol.